The maximum Gasteiger partial charge on any atom is 0.226 e. The first-order chi connectivity index (χ1) is 14.7. The van der Waals surface area contributed by atoms with E-state index in [1.807, 2.05) is 63.2 Å². The SMILES string of the molecule is CCOc1ccc(C(CC=O)c2coc(-c3ccc(OCC)c(OCC)c3)n2)cc1. The molecule has 0 amide bonds. The third-order valence-electron chi connectivity index (χ3n) is 4.59. The molecule has 1 atom stereocenters. The minimum Gasteiger partial charge on any atom is -0.494 e. The van der Waals surface area contributed by atoms with E-state index in [2.05, 4.69) is 4.98 Å². The molecule has 0 bridgehead atoms. The standard InChI is InChI=1S/C24H27NO5/c1-4-27-19-10-7-17(8-11-19)20(13-14-26)21-16-30-24(25-21)18-9-12-22(28-5-2)23(15-18)29-6-3/h7-12,14-16,20H,4-6,13H2,1-3H3. The van der Waals surface area contributed by atoms with Crippen LogP contribution >= 0.6 is 0 Å². The monoisotopic (exact) mass is 409 g/mol. The Morgan fingerprint density at radius 3 is 2.30 bits per heavy atom. The van der Waals surface area contributed by atoms with Crippen LogP contribution in [0, 0.1) is 0 Å². The number of aldehydes is 1. The van der Waals surface area contributed by atoms with E-state index in [1.54, 1.807) is 6.26 Å². The lowest BCUT2D eigenvalue weighted by molar-refractivity contribution is -0.108. The maximum absolute atomic E-state index is 11.3. The predicted octanol–water partition coefficient (Wildman–Crippen LogP) is 5.26. The van der Waals surface area contributed by atoms with E-state index >= 15 is 0 Å². The van der Waals surface area contributed by atoms with Gasteiger partial charge in [-0.3, -0.25) is 0 Å². The van der Waals surface area contributed by atoms with Crippen molar-refractivity contribution in [2.24, 2.45) is 0 Å². The minimum atomic E-state index is -0.190. The lowest BCUT2D eigenvalue weighted by atomic mass is 9.93. The second-order valence-electron chi connectivity index (χ2n) is 6.56. The zero-order valence-corrected chi connectivity index (χ0v) is 17.6. The van der Waals surface area contributed by atoms with Crippen LogP contribution < -0.4 is 14.2 Å². The summed E-state index contributed by atoms with van der Waals surface area (Å²) >= 11 is 0. The summed E-state index contributed by atoms with van der Waals surface area (Å²) in [6, 6.07) is 13.3. The molecular weight excluding hydrogens is 382 g/mol. The molecule has 3 rings (SSSR count). The zero-order valence-electron chi connectivity index (χ0n) is 17.6. The van der Waals surface area contributed by atoms with E-state index in [0.29, 0.717) is 49.3 Å². The van der Waals surface area contributed by atoms with Gasteiger partial charge in [-0.1, -0.05) is 12.1 Å². The van der Waals surface area contributed by atoms with Gasteiger partial charge in [-0.2, -0.15) is 0 Å². The Morgan fingerprint density at radius 2 is 1.63 bits per heavy atom. The third-order valence-corrected chi connectivity index (χ3v) is 4.59. The number of ether oxygens (including phenoxy) is 3. The van der Waals surface area contributed by atoms with Gasteiger partial charge in [0.05, 0.1) is 25.5 Å². The van der Waals surface area contributed by atoms with Gasteiger partial charge in [-0.15, -0.1) is 0 Å². The van der Waals surface area contributed by atoms with Gasteiger partial charge in [-0.05, 0) is 56.7 Å². The topological polar surface area (TPSA) is 70.8 Å². The Balaban J connectivity index is 1.89. The highest BCUT2D eigenvalue weighted by molar-refractivity contribution is 5.61. The highest BCUT2D eigenvalue weighted by atomic mass is 16.5. The van der Waals surface area contributed by atoms with E-state index in [9.17, 15) is 4.79 Å². The smallest absolute Gasteiger partial charge is 0.226 e. The molecule has 6 nitrogen and oxygen atoms in total. The second kappa shape index (κ2) is 10.5. The highest BCUT2D eigenvalue weighted by Gasteiger charge is 2.20. The number of nitrogens with zero attached hydrogens (tertiary/aromatic N) is 1. The summed E-state index contributed by atoms with van der Waals surface area (Å²) < 4.78 is 22.6. The van der Waals surface area contributed by atoms with Crippen molar-refractivity contribution >= 4 is 6.29 Å². The number of carbonyl (C=O) groups excluding carboxylic acids is 1. The van der Waals surface area contributed by atoms with Gasteiger partial charge >= 0.3 is 0 Å². The average Bonchev–Trinajstić information content (AvgIpc) is 3.24. The van der Waals surface area contributed by atoms with E-state index in [1.165, 1.54) is 0 Å². The van der Waals surface area contributed by atoms with Crippen molar-refractivity contribution in [2.45, 2.75) is 33.1 Å². The summed E-state index contributed by atoms with van der Waals surface area (Å²) in [6.07, 6.45) is 2.82. The summed E-state index contributed by atoms with van der Waals surface area (Å²) in [5, 5.41) is 0. The number of oxazole rings is 1. The van der Waals surface area contributed by atoms with Crippen LogP contribution in [-0.2, 0) is 4.79 Å². The molecule has 0 aliphatic rings. The van der Waals surface area contributed by atoms with Crippen LogP contribution in [0.25, 0.3) is 11.5 Å². The molecule has 158 valence electrons. The van der Waals surface area contributed by atoms with E-state index in [4.69, 9.17) is 18.6 Å². The molecule has 0 saturated heterocycles. The van der Waals surface area contributed by atoms with Crippen molar-refractivity contribution in [3.8, 4) is 28.7 Å². The number of hydrogen-bond acceptors (Lipinski definition) is 6. The van der Waals surface area contributed by atoms with Crippen LogP contribution in [0.3, 0.4) is 0 Å². The van der Waals surface area contributed by atoms with Crippen molar-refractivity contribution in [3.05, 3.63) is 60.0 Å². The van der Waals surface area contributed by atoms with Crippen LogP contribution in [-0.4, -0.2) is 31.1 Å². The van der Waals surface area contributed by atoms with Crippen molar-refractivity contribution in [2.75, 3.05) is 19.8 Å². The van der Waals surface area contributed by atoms with Crippen molar-refractivity contribution in [1.82, 2.24) is 4.98 Å². The molecule has 0 radical (unpaired) electrons. The summed E-state index contributed by atoms with van der Waals surface area (Å²) in [6.45, 7) is 7.48. The molecule has 6 heteroatoms. The molecule has 3 aromatic rings. The minimum absolute atomic E-state index is 0.190. The first-order valence-electron chi connectivity index (χ1n) is 10.2. The molecule has 0 spiro atoms. The number of hydrogen-bond donors (Lipinski definition) is 0. The Hall–Kier alpha value is -3.28. The van der Waals surface area contributed by atoms with Gasteiger partial charge in [0.1, 0.15) is 18.3 Å². The zero-order chi connectivity index (χ0) is 21.3. The van der Waals surface area contributed by atoms with Gasteiger partial charge in [0.2, 0.25) is 5.89 Å². The molecule has 0 N–H and O–H groups in total. The van der Waals surface area contributed by atoms with Crippen LogP contribution in [0.1, 0.15) is 44.4 Å². The lowest BCUT2D eigenvalue weighted by Gasteiger charge is -2.13. The number of benzene rings is 2. The molecule has 2 aromatic carbocycles. The summed E-state index contributed by atoms with van der Waals surface area (Å²) in [5.74, 6) is 2.40. The van der Waals surface area contributed by atoms with Gasteiger partial charge in [0, 0.05) is 17.9 Å². The van der Waals surface area contributed by atoms with Gasteiger partial charge < -0.3 is 23.4 Å². The second-order valence-corrected chi connectivity index (χ2v) is 6.56. The molecule has 0 aliphatic carbocycles. The molecular formula is C24H27NO5. The van der Waals surface area contributed by atoms with Crippen molar-refractivity contribution in [1.29, 1.82) is 0 Å². The maximum atomic E-state index is 11.3. The normalized spacial score (nSPS) is 11.7. The molecule has 0 saturated carbocycles. The fraction of sp³-hybridized carbons (Fsp3) is 0.333. The Kier molecular flexibility index (Phi) is 7.49. The Bertz CT molecular complexity index is 948. The Morgan fingerprint density at radius 1 is 0.933 bits per heavy atom. The molecule has 1 heterocycles. The Labute approximate surface area is 176 Å². The van der Waals surface area contributed by atoms with Crippen LogP contribution in [0.15, 0.2) is 53.1 Å². The van der Waals surface area contributed by atoms with E-state index in [0.717, 1.165) is 23.2 Å². The molecule has 30 heavy (non-hydrogen) atoms. The van der Waals surface area contributed by atoms with E-state index in [-0.39, 0.29) is 5.92 Å². The average molecular weight is 409 g/mol. The van der Waals surface area contributed by atoms with Gasteiger partial charge in [0.25, 0.3) is 0 Å². The van der Waals surface area contributed by atoms with Gasteiger partial charge in [0.15, 0.2) is 11.5 Å². The first kappa shape index (κ1) is 21.4. The molecule has 0 fully saturated rings. The van der Waals surface area contributed by atoms with Crippen molar-refractivity contribution in [3.63, 3.8) is 0 Å². The number of carbonyl (C=O) groups is 1. The highest BCUT2D eigenvalue weighted by Crippen LogP contribution is 2.34. The van der Waals surface area contributed by atoms with E-state index < -0.39 is 0 Å². The molecule has 1 unspecified atom stereocenters. The first-order valence-corrected chi connectivity index (χ1v) is 10.2. The fourth-order valence-corrected chi connectivity index (χ4v) is 3.25. The van der Waals surface area contributed by atoms with Crippen molar-refractivity contribution < 1.29 is 23.4 Å². The van der Waals surface area contributed by atoms with Crippen LogP contribution in [0.5, 0.6) is 17.2 Å². The lowest BCUT2D eigenvalue weighted by Crippen LogP contribution is -2.03. The quantitative estimate of drug-likeness (QED) is 0.402. The summed E-state index contributed by atoms with van der Waals surface area (Å²) in [7, 11) is 0. The largest absolute Gasteiger partial charge is 0.494 e. The number of rotatable bonds is 11. The van der Waals surface area contributed by atoms with Gasteiger partial charge in [-0.25, -0.2) is 4.98 Å². The van der Waals surface area contributed by atoms with Crippen LogP contribution in [0.4, 0.5) is 0 Å². The third kappa shape index (κ3) is 5.00. The molecule has 1 aromatic heterocycles. The summed E-state index contributed by atoms with van der Waals surface area (Å²) in [5.41, 5.74) is 2.46. The molecule has 0 aliphatic heterocycles. The summed E-state index contributed by atoms with van der Waals surface area (Å²) in [4.78, 5) is 16.0. The fourth-order valence-electron chi connectivity index (χ4n) is 3.25. The number of aromatic nitrogens is 1. The van der Waals surface area contributed by atoms with Crippen LogP contribution in [0.2, 0.25) is 0 Å². The predicted molar refractivity (Wildman–Crippen MR) is 114 cm³/mol.